The molecule has 0 aromatic carbocycles. The van der Waals surface area contributed by atoms with Crippen LogP contribution in [-0.2, 0) is 0 Å². The molecule has 0 amide bonds. The maximum Gasteiger partial charge on any atom is 0.161 e. The van der Waals surface area contributed by atoms with E-state index in [1.54, 1.807) is 6.20 Å². The fourth-order valence-electron chi connectivity index (χ4n) is 2.17. The zero-order valence-corrected chi connectivity index (χ0v) is 11.9. The molecule has 98 valence electrons. The minimum atomic E-state index is 0.100. The second-order valence-electron chi connectivity index (χ2n) is 5.29. The van der Waals surface area contributed by atoms with Gasteiger partial charge in [-0.25, -0.2) is 0 Å². The van der Waals surface area contributed by atoms with Crippen LogP contribution in [0.5, 0.6) is 0 Å². The Morgan fingerprint density at radius 3 is 2.78 bits per heavy atom. The molecule has 0 spiro atoms. The predicted octanol–water partition coefficient (Wildman–Crippen LogP) is 0.641. The van der Waals surface area contributed by atoms with Crippen molar-refractivity contribution < 1.29 is 0 Å². The lowest BCUT2D eigenvalue weighted by Gasteiger charge is -2.45. The number of nitrogens with zero attached hydrogens (tertiary/aromatic N) is 4. The number of hydrogen-bond acceptors (Lipinski definition) is 5. The van der Waals surface area contributed by atoms with E-state index >= 15 is 0 Å². The molecular weight excluding hydrogens is 246 g/mol. The van der Waals surface area contributed by atoms with Gasteiger partial charge in [0, 0.05) is 25.2 Å². The fraction of sp³-hybridized carbons (Fsp3) is 0.583. The number of likely N-dealkylation sites (N-methyl/N-ethyl adjacent to an activating group) is 1. The number of aromatic nitrogens is 2. The van der Waals surface area contributed by atoms with Crippen molar-refractivity contribution in [1.29, 1.82) is 0 Å². The number of hydrogen-bond donors (Lipinski definition) is 1. The molecule has 1 fully saturated rings. The van der Waals surface area contributed by atoms with Crippen LogP contribution in [0, 0.1) is 0 Å². The zero-order valence-electron chi connectivity index (χ0n) is 11.1. The molecule has 6 heteroatoms. The third-order valence-corrected chi connectivity index (χ3v) is 3.80. The number of rotatable bonds is 2. The van der Waals surface area contributed by atoms with Gasteiger partial charge in [0.05, 0.1) is 11.8 Å². The summed E-state index contributed by atoms with van der Waals surface area (Å²) >= 11 is 5.07. The van der Waals surface area contributed by atoms with Gasteiger partial charge in [-0.1, -0.05) is 12.2 Å². The molecule has 2 N–H and O–H groups in total. The van der Waals surface area contributed by atoms with Crippen LogP contribution < -0.4 is 10.6 Å². The molecule has 1 saturated heterocycles. The molecule has 5 nitrogen and oxygen atoms in total. The summed E-state index contributed by atoms with van der Waals surface area (Å²) in [5.74, 6) is 0.797. The molecule has 0 aliphatic carbocycles. The predicted molar refractivity (Wildman–Crippen MR) is 76.8 cm³/mol. The van der Waals surface area contributed by atoms with Gasteiger partial charge in [-0.3, -0.25) is 4.90 Å². The Morgan fingerprint density at radius 2 is 2.17 bits per heavy atom. The van der Waals surface area contributed by atoms with Crippen LogP contribution in [0.4, 0.5) is 5.82 Å². The first-order valence-corrected chi connectivity index (χ1v) is 6.40. The first-order valence-electron chi connectivity index (χ1n) is 5.99. The molecule has 0 radical (unpaired) electrons. The summed E-state index contributed by atoms with van der Waals surface area (Å²) in [6.45, 7) is 7.22. The molecule has 2 rings (SSSR count). The van der Waals surface area contributed by atoms with E-state index in [9.17, 15) is 0 Å². The molecular formula is C12H19N5S. The summed E-state index contributed by atoms with van der Waals surface area (Å²) < 4.78 is 0. The molecule has 0 saturated carbocycles. The third kappa shape index (κ3) is 2.44. The van der Waals surface area contributed by atoms with Gasteiger partial charge in [0.1, 0.15) is 4.99 Å². The largest absolute Gasteiger partial charge is 0.389 e. The lowest BCUT2D eigenvalue weighted by Crippen LogP contribution is -2.58. The monoisotopic (exact) mass is 265 g/mol. The van der Waals surface area contributed by atoms with Gasteiger partial charge < -0.3 is 10.6 Å². The Balaban J connectivity index is 2.30. The average molecular weight is 265 g/mol. The summed E-state index contributed by atoms with van der Waals surface area (Å²) in [7, 11) is 2.14. The van der Waals surface area contributed by atoms with Crippen LogP contribution in [-0.4, -0.2) is 52.3 Å². The first-order chi connectivity index (χ1) is 8.42. The van der Waals surface area contributed by atoms with Gasteiger partial charge in [0.15, 0.2) is 5.82 Å². The van der Waals surface area contributed by atoms with Crippen molar-refractivity contribution in [2.45, 2.75) is 19.4 Å². The maximum absolute atomic E-state index is 5.74. The lowest BCUT2D eigenvalue weighted by atomic mass is 9.99. The maximum atomic E-state index is 5.74. The molecule has 0 unspecified atom stereocenters. The normalized spacial score (nSPS) is 19.8. The molecule has 1 aromatic heterocycles. The van der Waals surface area contributed by atoms with E-state index in [0.717, 1.165) is 31.0 Å². The van der Waals surface area contributed by atoms with Crippen LogP contribution in [0.25, 0.3) is 0 Å². The Hall–Kier alpha value is -1.27. The highest BCUT2D eigenvalue weighted by atomic mass is 32.1. The van der Waals surface area contributed by atoms with Crippen LogP contribution in [0.15, 0.2) is 12.3 Å². The topological polar surface area (TPSA) is 58.3 Å². The van der Waals surface area contributed by atoms with E-state index in [1.807, 2.05) is 6.07 Å². The minimum Gasteiger partial charge on any atom is -0.389 e. The number of thiocarbonyl (C=S) groups is 1. The van der Waals surface area contributed by atoms with Crippen LogP contribution in [0.3, 0.4) is 0 Å². The molecule has 1 aliphatic heterocycles. The standard InChI is InChI=1S/C12H19N5S/c1-12(2)8-17(7-6-16(12)3)11-9(10(13)18)4-5-14-15-11/h4-5H,6-8H2,1-3H3,(H2,13,18). The van der Waals surface area contributed by atoms with Gasteiger partial charge in [-0.2, -0.15) is 5.10 Å². The van der Waals surface area contributed by atoms with Gasteiger partial charge in [0.25, 0.3) is 0 Å². The average Bonchev–Trinajstić information content (AvgIpc) is 2.32. The van der Waals surface area contributed by atoms with Gasteiger partial charge >= 0.3 is 0 Å². The summed E-state index contributed by atoms with van der Waals surface area (Å²) in [6, 6.07) is 1.83. The van der Waals surface area contributed by atoms with E-state index in [2.05, 4.69) is 40.9 Å². The second-order valence-corrected chi connectivity index (χ2v) is 5.73. The van der Waals surface area contributed by atoms with Crippen molar-refractivity contribution >= 4 is 23.0 Å². The highest BCUT2D eigenvalue weighted by Gasteiger charge is 2.32. The van der Waals surface area contributed by atoms with E-state index in [-0.39, 0.29) is 5.54 Å². The number of piperazine rings is 1. The van der Waals surface area contributed by atoms with Gasteiger partial charge in [-0.05, 0) is 27.0 Å². The first kappa shape index (κ1) is 13.2. The van der Waals surface area contributed by atoms with Crippen molar-refractivity contribution in [2.24, 2.45) is 5.73 Å². The van der Waals surface area contributed by atoms with Crippen molar-refractivity contribution in [3.63, 3.8) is 0 Å². The molecule has 1 aromatic rings. The Kier molecular flexibility index (Phi) is 3.49. The zero-order chi connectivity index (χ0) is 13.3. The SMILES string of the molecule is CN1CCN(c2nnccc2C(N)=S)CC1(C)C. The molecule has 2 heterocycles. The van der Waals surface area contributed by atoms with E-state index < -0.39 is 0 Å². The summed E-state index contributed by atoms with van der Waals surface area (Å²) in [5.41, 5.74) is 6.65. The summed E-state index contributed by atoms with van der Waals surface area (Å²) in [6.07, 6.45) is 1.62. The highest BCUT2D eigenvalue weighted by Crippen LogP contribution is 2.24. The van der Waals surface area contributed by atoms with Crippen molar-refractivity contribution in [3.05, 3.63) is 17.8 Å². The number of anilines is 1. The van der Waals surface area contributed by atoms with E-state index in [4.69, 9.17) is 18.0 Å². The minimum absolute atomic E-state index is 0.100. The summed E-state index contributed by atoms with van der Waals surface area (Å²) in [5, 5.41) is 8.15. The van der Waals surface area contributed by atoms with E-state index in [0.29, 0.717) is 4.99 Å². The summed E-state index contributed by atoms with van der Waals surface area (Å²) in [4.78, 5) is 4.93. The second kappa shape index (κ2) is 4.78. The molecule has 18 heavy (non-hydrogen) atoms. The van der Waals surface area contributed by atoms with Crippen molar-refractivity contribution in [2.75, 3.05) is 31.6 Å². The Bertz CT molecular complexity index is 460. The highest BCUT2D eigenvalue weighted by molar-refractivity contribution is 7.80. The van der Waals surface area contributed by atoms with Crippen LogP contribution >= 0.6 is 12.2 Å². The van der Waals surface area contributed by atoms with Crippen LogP contribution in [0.1, 0.15) is 19.4 Å². The Labute approximate surface area is 113 Å². The fourth-order valence-corrected chi connectivity index (χ4v) is 2.33. The lowest BCUT2D eigenvalue weighted by molar-refractivity contribution is 0.138. The molecule has 1 aliphatic rings. The third-order valence-electron chi connectivity index (χ3n) is 3.58. The smallest absolute Gasteiger partial charge is 0.161 e. The van der Waals surface area contributed by atoms with Crippen molar-refractivity contribution in [1.82, 2.24) is 15.1 Å². The number of nitrogens with two attached hydrogens (primary N) is 1. The molecule has 0 bridgehead atoms. The van der Waals surface area contributed by atoms with Crippen molar-refractivity contribution in [3.8, 4) is 0 Å². The quantitative estimate of drug-likeness (QED) is 0.792. The van der Waals surface area contributed by atoms with Gasteiger partial charge in [-0.15, -0.1) is 5.10 Å². The Morgan fingerprint density at radius 1 is 1.44 bits per heavy atom. The van der Waals surface area contributed by atoms with E-state index in [1.165, 1.54) is 0 Å². The van der Waals surface area contributed by atoms with Crippen LogP contribution in [0.2, 0.25) is 0 Å². The van der Waals surface area contributed by atoms with Gasteiger partial charge in [0.2, 0.25) is 0 Å². The molecule has 0 atom stereocenters.